The molecule has 1 aliphatic heterocycles. The van der Waals surface area contributed by atoms with Crippen LogP contribution >= 0.6 is 0 Å². The summed E-state index contributed by atoms with van der Waals surface area (Å²) >= 11 is 0. The molecule has 0 unspecified atom stereocenters. The van der Waals surface area contributed by atoms with E-state index in [-0.39, 0.29) is 25.2 Å². The van der Waals surface area contributed by atoms with Crippen molar-refractivity contribution in [1.29, 1.82) is 0 Å². The van der Waals surface area contributed by atoms with Gasteiger partial charge in [-0.15, -0.1) is 0 Å². The smallest absolute Gasteiger partial charge is 0.381 e. The Morgan fingerprint density at radius 2 is 2.46 bits per heavy atom. The molecule has 0 amide bonds. The van der Waals surface area contributed by atoms with Gasteiger partial charge in [0, 0.05) is 12.0 Å². The van der Waals surface area contributed by atoms with Crippen LogP contribution in [0.3, 0.4) is 0 Å². The zero-order chi connectivity index (χ0) is 9.90. The van der Waals surface area contributed by atoms with E-state index >= 15 is 0 Å². The number of hydrogen-bond donors (Lipinski definition) is 0. The van der Waals surface area contributed by atoms with E-state index in [0.29, 0.717) is 0 Å². The molecule has 3 nitrogen and oxygen atoms in total. The number of hydrogen-bond acceptors (Lipinski definition) is 3. The van der Waals surface area contributed by atoms with Crippen LogP contribution in [0.4, 0.5) is 8.78 Å². The highest BCUT2D eigenvalue weighted by Gasteiger charge is 2.45. The summed E-state index contributed by atoms with van der Waals surface area (Å²) in [7, 11) is 0. The molecule has 0 fully saturated rings. The summed E-state index contributed by atoms with van der Waals surface area (Å²) in [6.45, 7) is 1.63. The van der Waals surface area contributed by atoms with E-state index in [1.54, 1.807) is 0 Å². The van der Waals surface area contributed by atoms with Gasteiger partial charge in [-0.3, -0.25) is 0 Å². The van der Waals surface area contributed by atoms with Crippen LogP contribution in [0, 0.1) is 0 Å². The molecule has 5 heteroatoms. The van der Waals surface area contributed by atoms with Gasteiger partial charge in [0.15, 0.2) is 0 Å². The summed E-state index contributed by atoms with van der Waals surface area (Å²) in [5, 5.41) is 0. The van der Waals surface area contributed by atoms with Crippen molar-refractivity contribution in [3.63, 3.8) is 0 Å². The molecule has 74 valence electrons. The summed E-state index contributed by atoms with van der Waals surface area (Å²) in [6.07, 6.45) is 1.00. The molecule has 0 aromatic carbocycles. The predicted molar refractivity (Wildman–Crippen MR) is 40.2 cm³/mol. The molecule has 0 saturated carbocycles. The minimum atomic E-state index is -3.54. The molecule has 0 saturated heterocycles. The van der Waals surface area contributed by atoms with Gasteiger partial charge in [-0.05, 0) is 6.92 Å². The van der Waals surface area contributed by atoms with Crippen molar-refractivity contribution in [1.82, 2.24) is 0 Å². The maximum Gasteiger partial charge on any atom is 0.381 e. The Bertz CT molecular complexity index is 236. The van der Waals surface area contributed by atoms with Gasteiger partial charge < -0.3 is 9.47 Å². The normalized spacial score (nSPS) is 16.4. The van der Waals surface area contributed by atoms with Crippen LogP contribution < -0.4 is 0 Å². The number of carbonyl (C=O) groups excluding carboxylic acids is 1. The van der Waals surface area contributed by atoms with E-state index in [0.717, 1.165) is 6.26 Å². The fourth-order valence-corrected chi connectivity index (χ4v) is 0.971. The number of esters is 1. The molecule has 0 N–H and O–H groups in total. The van der Waals surface area contributed by atoms with Crippen molar-refractivity contribution in [2.45, 2.75) is 19.3 Å². The highest BCUT2D eigenvalue weighted by Crippen LogP contribution is 2.30. The molecular weight excluding hydrogens is 182 g/mol. The number of halogens is 2. The Kier molecular flexibility index (Phi) is 2.85. The lowest BCUT2D eigenvalue weighted by Crippen LogP contribution is -2.32. The SMILES string of the molecule is CCOC(=O)C(F)(F)C1=COCC1. The van der Waals surface area contributed by atoms with E-state index in [9.17, 15) is 13.6 Å². The first kappa shape index (κ1) is 9.95. The van der Waals surface area contributed by atoms with Crippen LogP contribution in [0.15, 0.2) is 11.8 Å². The minimum absolute atomic E-state index is 0.0530. The van der Waals surface area contributed by atoms with Crippen LogP contribution in [0.5, 0.6) is 0 Å². The van der Waals surface area contributed by atoms with Gasteiger partial charge in [0.25, 0.3) is 0 Å². The Labute approximate surface area is 74.3 Å². The number of rotatable bonds is 3. The third kappa shape index (κ3) is 1.96. The van der Waals surface area contributed by atoms with E-state index in [2.05, 4.69) is 9.47 Å². The number of ether oxygens (including phenoxy) is 2. The lowest BCUT2D eigenvalue weighted by atomic mass is 10.1. The summed E-state index contributed by atoms with van der Waals surface area (Å²) in [5.74, 6) is -5.04. The lowest BCUT2D eigenvalue weighted by Gasteiger charge is -2.13. The van der Waals surface area contributed by atoms with Gasteiger partial charge in [0.1, 0.15) is 0 Å². The fourth-order valence-electron chi connectivity index (χ4n) is 0.971. The summed E-state index contributed by atoms with van der Waals surface area (Å²) in [5.41, 5.74) is -0.314. The van der Waals surface area contributed by atoms with Crippen LogP contribution in [-0.4, -0.2) is 25.1 Å². The molecule has 0 aromatic heterocycles. The quantitative estimate of drug-likeness (QED) is 0.635. The molecule has 0 aromatic rings. The van der Waals surface area contributed by atoms with Gasteiger partial charge in [-0.2, -0.15) is 8.78 Å². The summed E-state index contributed by atoms with van der Waals surface area (Å²) in [6, 6.07) is 0. The Balaban J connectivity index is 2.68. The van der Waals surface area contributed by atoms with Crippen molar-refractivity contribution in [3.05, 3.63) is 11.8 Å². The van der Waals surface area contributed by atoms with E-state index in [1.807, 2.05) is 0 Å². The zero-order valence-electron chi connectivity index (χ0n) is 7.18. The van der Waals surface area contributed by atoms with Crippen LogP contribution in [0.2, 0.25) is 0 Å². The number of alkyl halides is 2. The van der Waals surface area contributed by atoms with Crippen molar-refractivity contribution in [2.24, 2.45) is 0 Å². The topological polar surface area (TPSA) is 35.5 Å². The van der Waals surface area contributed by atoms with Crippen molar-refractivity contribution in [2.75, 3.05) is 13.2 Å². The largest absolute Gasteiger partial charge is 0.501 e. The second kappa shape index (κ2) is 3.72. The van der Waals surface area contributed by atoms with Gasteiger partial charge in [0.2, 0.25) is 0 Å². The van der Waals surface area contributed by atoms with Gasteiger partial charge in [-0.1, -0.05) is 0 Å². The molecule has 1 heterocycles. The minimum Gasteiger partial charge on any atom is -0.501 e. The van der Waals surface area contributed by atoms with E-state index in [4.69, 9.17) is 0 Å². The first-order chi connectivity index (χ1) is 6.09. The lowest BCUT2D eigenvalue weighted by molar-refractivity contribution is -0.166. The van der Waals surface area contributed by atoms with E-state index < -0.39 is 11.9 Å². The first-order valence-electron chi connectivity index (χ1n) is 3.95. The van der Waals surface area contributed by atoms with Crippen molar-refractivity contribution >= 4 is 5.97 Å². The average molecular weight is 192 g/mol. The molecular formula is C8H10F2O3. The van der Waals surface area contributed by atoms with Gasteiger partial charge in [0.05, 0.1) is 19.5 Å². The molecule has 1 aliphatic rings. The third-order valence-electron chi connectivity index (χ3n) is 1.65. The Hall–Kier alpha value is -1.13. The molecule has 1 rings (SSSR count). The number of carbonyl (C=O) groups is 1. The third-order valence-corrected chi connectivity index (χ3v) is 1.65. The second-order valence-corrected chi connectivity index (χ2v) is 2.56. The van der Waals surface area contributed by atoms with Gasteiger partial charge >= 0.3 is 11.9 Å². The van der Waals surface area contributed by atoms with Crippen LogP contribution in [-0.2, 0) is 14.3 Å². The van der Waals surface area contributed by atoms with Gasteiger partial charge in [-0.25, -0.2) is 4.79 Å². The summed E-state index contributed by atoms with van der Waals surface area (Å²) in [4.78, 5) is 10.8. The molecule has 0 atom stereocenters. The molecule has 0 aliphatic carbocycles. The fraction of sp³-hybridized carbons (Fsp3) is 0.625. The molecule has 0 spiro atoms. The van der Waals surface area contributed by atoms with E-state index in [1.165, 1.54) is 6.92 Å². The zero-order valence-corrected chi connectivity index (χ0v) is 7.18. The molecule has 13 heavy (non-hydrogen) atoms. The van der Waals surface area contributed by atoms with Crippen LogP contribution in [0.1, 0.15) is 13.3 Å². The van der Waals surface area contributed by atoms with Crippen molar-refractivity contribution in [3.8, 4) is 0 Å². The average Bonchev–Trinajstić information content (AvgIpc) is 2.56. The first-order valence-corrected chi connectivity index (χ1v) is 3.95. The maximum absolute atomic E-state index is 13.1. The summed E-state index contributed by atoms with van der Waals surface area (Å²) < 4.78 is 35.0. The Morgan fingerprint density at radius 1 is 1.77 bits per heavy atom. The highest BCUT2D eigenvalue weighted by molar-refractivity contribution is 5.81. The standard InChI is InChI=1S/C8H10F2O3/c1-2-13-7(11)8(9,10)6-3-4-12-5-6/h5H,2-4H2,1H3. The second-order valence-electron chi connectivity index (χ2n) is 2.56. The Morgan fingerprint density at radius 3 is 2.92 bits per heavy atom. The predicted octanol–water partition coefficient (Wildman–Crippen LogP) is 1.49. The van der Waals surface area contributed by atoms with Crippen molar-refractivity contribution < 1.29 is 23.0 Å². The molecule has 0 radical (unpaired) electrons. The molecule has 0 bridgehead atoms. The highest BCUT2D eigenvalue weighted by atomic mass is 19.3. The van der Waals surface area contributed by atoms with Crippen LogP contribution in [0.25, 0.3) is 0 Å². The monoisotopic (exact) mass is 192 g/mol. The maximum atomic E-state index is 13.1.